The van der Waals surface area contributed by atoms with Crippen LogP contribution < -0.4 is 5.32 Å². The molecule has 0 amide bonds. The van der Waals surface area contributed by atoms with Crippen LogP contribution in [0.15, 0.2) is 0 Å². The van der Waals surface area contributed by atoms with E-state index >= 15 is 0 Å². The van der Waals surface area contributed by atoms with Crippen molar-refractivity contribution in [3.8, 4) is 0 Å². The Morgan fingerprint density at radius 1 is 1.12 bits per heavy atom. The molecule has 0 aromatic carbocycles. The number of nitrogens with zero attached hydrogens (tertiary/aromatic N) is 1. The molecule has 2 heteroatoms. The van der Waals surface area contributed by atoms with Gasteiger partial charge in [-0.25, -0.2) is 0 Å². The minimum absolute atomic E-state index is 0.260. The smallest absolute Gasteiger partial charge is 0.00965 e. The van der Waals surface area contributed by atoms with E-state index in [1.54, 1.807) is 0 Å². The Hall–Kier alpha value is -0.0800. The van der Waals surface area contributed by atoms with Crippen molar-refractivity contribution in [2.45, 2.75) is 78.8 Å². The predicted molar refractivity (Wildman–Crippen MR) is 78.6 cm³/mol. The van der Waals surface area contributed by atoms with Crippen LogP contribution in [0, 0.1) is 0 Å². The molecule has 0 aliphatic rings. The van der Waals surface area contributed by atoms with E-state index in [4.69, 9.17) is 0 Å². The van der Waals surface area contributed by atoms with E-state index in [9.17, 15) is 0 Å². The average Bonchev–Trinajstić information content (AvgIpc) is 2.24. The van der Waals surface area contributed by atoms with Crippen molar-refractivity contribution in [3.05, 3.63) is 0 Å². The summed E-state index contributed by atoms with van der Waals surface area (Å²) in [6, 6.07) is 0.730. The average molecular weight is 242 g/mol. The minimum Gasteiger partial charge on any atom is -0.312 e. The Morgan fingerprint density at radius 2 is 1.76 bits per heavy atom. The van der Waals surface area contributed by atoms with Gasteiger partial charge in [0.15, 0.2) is 0 Å². The molecule has 0 rings (SSSR count). The van der Waals surface area contributed by atoms with Crippen molar-refractivity contribution >= 4 is 0 Å². The minimum atomic E-state index is 0.260. The zero-order valence-electron chi connectivity index (χ0n) is 13.0. The molecule has 0 saturated carbocycles. The van der Waals surface area contributed by atoms with Gasteiger partial charge >= 0.3 is 0 Å². The van der Waals surface area contributed by atoms with Crippen LogP contribution in [0.25, 0.3) is 0 Å². The van der Waals surface area contributed by atoms with Gasteiger partial charge in [0.1, 0.15) is 0 Å². The highest BCUT2D eigenvalue weighted by molar-refractivity contribution is 4.71. The quantitative estimate of drug-likeness (QED) is 0.621. The fraction of sp³-hybridized carbons (Fsp3) is 1.00. The Bertz CT molecular complexity index is 172. The van der Waals surface area contributed by atoms with Crippen molar-refractivity contribution in [1.82, 2.24) is 10.2 Å². The Balaban J connectivity index is 3.71. The molecular formula is C15H34N2. The maximum absolute atomic E-state index is 3.56. The first-order valence-electron chi connectivity index (χ1n) is 7.39. The zero-order chi connectivity index (χ0) is 13.3. The fourth-order valence-corrected chi connectivity index (χ4v) is 2.09. The van der Waals surface area contributed by atoms with Crippen molar-refractivity contribution < 1.29 is 0 Å². The van der Waals surface area contributed by atoms with E-state index in [0.29, 0.717) is 0 Å². The molecule has 0 bridgehead atoms. The molecule has 0 radical (unpaired) electrons. The molecule has 2 nitrogen and oxygen atoms in total. The first kappa shape index (κ1) is 16.9. The molecule has 0 saturated heterocycles. The highest BCUT2D eigenvalue weighted by Gasteiger charge is 2.12. The molecule has 0 aliphatic heterocycles. The Labute approximate surface area is 109 Å². The third-order valence-corrected chi connectivity index (χ3v) is 3.28. The first-order valence-corrected chi connectivity index (χ1v) is 7.39. The maximum Gasteiger partial charge on any atom is 0.00965 e. The highest BCUT2D eigenvalue weighted by atomic mass is 15.1. The van der Waals surface area contributed by atoms with Gasteiger partial charge in [0.25, 0.3) is 0 Å². The lowest BCUT2D eigenvalue weighted by molar-refractivity contribution is 0.203. The number of hydrogen-bond acceptors (Lipinski definition) is 2. The molecule has 0 aliphatic carbocycles. The molecule has 104 valence electrons. The van der Waals surface area contributed by atoms with E-state index < -0.39 is 0 Å². The summed E-state index contributed by atoms with van der Waals surface area (Å²) < 4.78 is 0. The Morgan fingerprint density at radius 3 is 2.24 bits per heavy atom. The maximum atomic E-state index is 3.56. The number of hydrogen-bond donors (Lipinski definition) is 1. The molecule has 0 heterocycles. The second-order valence-corrected chi connectivity index (χ2v) is 6.15. The van der Waals surface area contributed by atoms with Gasteiger partial charge in [-0.1, -0.05) is 20.3 Å². The molecular weight excluding hydrogens is 208 g/mol. The summed E-state index contributed by atoms with van der Waals surface area (Å²) in [5.74, 6) is 0. The molecule has 0 fully saturated rings. The second-order valence-electron chi connectivity index (χ2n) is 6.15. The highest BCUT2D eigenvalue weighted by Crippen LogP contribution is 2.08. The first-order chi connectivity index (χ1) is 7.90. The summed E-state index contributed by atoms with van der Waals surface area (Å²) in [5, 5.41) is 3.56. The van der Waals surface area contributed by atoms with Crippen LogP contribution in [0.3, 0.4) is 0 Å². The van der Waals surface area contributed by atoms with Gasteiger partial charge in [0.2, 0.25) is 0 Å². The van der Waals surface area contributed by atoms with Crippen molar-refractivity contribution in [2.24, 2.45) is 0 Å². The number of rotatable bonds is 9. The van der Waals surface area contributed by atoms with E-state index in [2.05, 4.69) is 51.8 Å². The van der Waals surface area contributed by atoms with Crippen LogP contribution in [0.4, 0.5) is 0 Å². The summed E-state index contributed by atoms with van der Waals surface area (Å²) in [7, 11) is 0. The van der Waals surface area contributed by atoms with Crippen molar-refractivity contribution in [1.29, 1.82) is 0 Å². The third-order valence-electron chi connectivity index (χ3n) is 3.28. The van der Waals surface area contributed by atoms with Gasteiger partial charge in [0, 0.05) is 11.6 Å². The molecule has 0 spiro atoms. The van der Waals surface area contributed by atoms with Crippen molar-refractivity contribution in [2.75, 3.05) is 19.6 Å². The predicted octanol–water partition coefficient (Wildman–Crippen LogP) is 3.67. The topological polar surface area (TPSA) is 15.3 Å². The molecule has 17 heavy (non-hydrogen) atoms. The summed E-state index contributed by atoms with van der Waals surface area (Å²) >= 11 is 0. The molecule has 1 unspecified atom stereocenters. The summed E-state index contributed by atoms with van der Waals surface area (Å²) in [6.07, 6.45) is 5.22. The van der Waals surface area contributed by atoms with Crippen LogP contribution >= 0.6 is 0 Å². The fourth-order valence-electron chi connectivity index (χ4n) is 2.09. The second kappa shape index (κ2) is 8.93. The van der Waals surface area contributed by atoms with Gasteiger partial charge < -0.3 is 10.2 Å². The monoisotopic (exact) mass is 242 g/mol. The lowest BCUT2D eigenvalue weighted by Crippen LogP contribution is -2.38. The van der Waals surface area contributed by atoms with Crippen LogP contribution in [0.2, 0.25) is 0 Å². The molecule has 1 N–H and O–H groups in total. The van der Waals surface area contributed by atoms with Crippen LogP contribution in [-0.4, -0.2) is 36.1 Å². The van der Waals surface area contributed by atoms with E-state index in [0.717, 1.165) is 12.6 Å². The van der Waals surface area contributed by atoms with Crippen LogP contribution in [0.1, 0.15) is 67.2 Å². The van der Waals surface area contributed by atoms with Gasteiger partial charge in [-0.05, 0) is 66.6 Å². The normalized spacial score (nSPS) is 14.3. The summed E-state index contributed by atoms with van der Waals surface area (Å²) in [6.45, 7) is 17.2. The summed E-state index contributed by atoms with van der Waals surface area (Å²) in [4.78, 5) is 2.61. The van der Waals surface area contributed by atoms with Gasteiger partial charge in [-0.3, -0.25) is 0 Å². The largest absolute Gasteiger partial charge is 0.312 e. The number of unbranched alkanes of at least 4 members (excludes halogenated alkanes) is 1. The zero-order valence-corrected chi connectivity index (χ0v) is 13.0. The van der Waals surface area contributed by atoms with E-state index in [1.165, 1.54) is 38.8 Å². The van der Waals surface area contributed by atoms with Crippen LogP contribution in [-0.2, 0) is 0 Å². The standard InChI is InChI=1S/C15H34N2/c1-7-9-13-17(8-2)14(3)11-10-12-16-15(4,5)6/h14,16H,7-13H2,1-6H3. The van der Waals surface area contributed by atoms with Crippen molar-refractivity contribution in [3.63, 3.8) is 0 Å². The van der Waals surface area contributed by atoms with E-state index in [1.807, 2.05) is 0 Å². The van der Waals surface area contributed by atoms with Gasteiger partial charge in [-0.2, -0.15) is 0 Å². The molecule has 1 atom stereocenters. The third kappa shape index (κ3) is 9.61. The lowest BCUT2D eigenvalue weighted by atomic mass is 10.1. The Kier molecular flexibility index (Phi) is 8.89. The van der Waals surface area contributed by atoms with Gasteiger partial charge in [0.05, 0.1) is 0 Å². The van der Waals surface area contributed by atoms with Gasteiger partial charge in [-0.15, -0.1) is 0 Å². The van der Waals surface area contributed by atoms with Crippen LogP contribution in [0.5, 0.6) is 0 Å². The lowest BCUT2D eigenvalue weighted by Gasteiger charge is -2.28. The SMILES string of the molecule is CCCCN(CC)C(C)CCCNC(C)(C)C. The van der Waals surface area contributed by atoms with E-state index in [-0.39, 0.29) is 5.54 Å². The molecule has 0 aromatic heterocycles. The molecule has 0 aromatic rings. The summed E-state index contributed by atoms with van der Waals surface area (Å²) in [5.41, 5.74) is 0.260. The number of nitrogens with one attached hydrogen (secondary N) is 1.